The fourth-order valence-electron chi connectivity index (χ4n) is 3.44. The molecule has 0 radical (unpaired) electrons. The van der Waals surface area contributed by atoms with E-state index in [0.717, 1.165) is 24.8 Å². The van der Waals surface area contributed by atoms with Gasteiger partial charge in [0.05, 0.1) is 11.1 Å². The summed E-state index contributed by atoms with van der Waals surface area (Å²) in [5, 5.41) is 18.9. The Morgan fingerprint density at radius 1 is 0.885 bits per heavy atom. The maximum atomic E-state index is 11.7. The second-order valence-corrected chi connectivity index (χ2v) is 7.56. The summed E-state index contributed by atoms with van der Waals surface area (Å²) in [5.74, 6) is -2.05. The van der Waals surface area contributed by atoms with Crippen molar-refractivity contribution in [2.24, 2.45) is 5.92 Å². The van der Waals surface area contributed by atoms with Crippen molar-refractivity contribution in [2.75, 3.05) is 0 Å². The van der Waals surface area contributed by atoms with Gasteiger partial charge in [0, 0.05) is 0 Å². The smallest absolute Gasteiger partial charge is 0.336 e. The number of aryl methyl sites for hydroxylation is 1. The van der Waals surface area contributed by atoms with Crippen LogP contribution in [-0.4, -0.2) is 22.2 Å². The van der Waals surface area contributed by atoms with Crippen LogP contribution in [0, 0.1) is 5.92 Å². The number of carboxylic acids is 2. The molecule has 0 fully saturated rings. The molecule has 146 valence electrons. The highest BCUT2D eigenvalue weighted by molar-refractivity contribution is 6.03. The first kappa shape index (κ1) is 22.2. The molecule has 0 unspecified atom stereocenters. The third-order valence-electron chi connectivity index (χ3n) is 4.77. The van der Waals surface area contributed by atoms with Crippen LogP contribution in [0.4, 0.5) is 0 Å². The Labute approximate surface area is 157 Å². The number of hydrogen-bond donors (Lipinski definition) is 2. The second-order valence-electron chi connectivity index (χ2n) is 7.56. The van der Waals surface area contributed by atoms with Crippen LogP contribution in [0.3, 0.4) is 0 Å². The van der Waals surface area contributed by atoms with E-state index in [1.165, 1.54) is 44.6 Å². The Morgan fingerprint density at radius 3 is 1.96 bits per heavy atom. The van der Waals surface area contributed by atoms with Crippen LogP contribution in [0.15, 0.2) is 12.1 Å². The molecular weight excluding hydrogens is 328 g/mol. The van der Waals surface area contributed by atoms with Gasteiger partial charge in [0.2, 0.25) is 0 Å². The van der Waals surface area contributed by atoms with Crippen LogP contribution in [-0.2, 0) is 12.8 Å². The minimum atomic E-state index is -1.17. The minimum Gasteiger partial charge on any atom is -0.478 e. The Hall–Kier alpha value is -1.84. The van der Waals surface area contributed by atoms with Crippen molar-refractivity contribution in [3.05, 3.63) is 34.4 Å². The molecule has 0 saturated heterocycles. The summed E-state index contributed by atoms with van der Waals surface area (Å²) in [6, 6.07) is 3.27. The first-order valence-electron chi connectivity index (χ1n) is 9.99. The molecule has 1 aromatic rings. The number of unbranched alkanes of at least 4 members (excludes halogenated alkanes) is 7. The van der Waals surface area contributed by atoms with Crippen molar-refractivity contribution in [3.8, 4) is 0 Å². The number of benzene rings is 1. The van der Waals surface area contributed by atoms with Crippen LogP contribution in [0.1, 0.15) is 104 Å². The van der Waals surface area contributed by atoms with E-state index in [-0.39, 0.29) is 17.0 Å². The summed E-state index contributed by atoms with van der Waals surface area (Å²) in [6.07, 6.45) is 11.2. The molecule has 0 aliphatic carbocycles. The standard InChI is InChI=1S/C22H34O4/c1-4-5-6-7-8-9-10-11-12-17-13-14-18(21(23)24)20(22(25)26)19(17)15-16(2)3/h13-14,16H,4-12,15H2,1-3H3,(H,23,24)(H,25,26). The number of hydrogen-bond acceptors (Lipinski definition) is 2. The highest BCUT2D eigenvalue weighted by atomic mass is 16.4. The molecule has 0 spiro atoms. The summed E-state index contributed by atoms with van der Waals surface area (Å²) in [5.41, 5.74) is 1.57. The third kappa shape index (κ3) is 7.19. The maximum absolute atomic E-state index is 11.7. The van der Waals surface area contributed by atoms with Gasteiger partial charge in [-0.15, -0.1) is 0 Å². The maximum Gasteiger partial charge on any atom is 0.336 e. The van der Waals surface area contributed by atoms with Crippen LogP contribution >= 0.6 is 0 Å². The first-order chi connectivity index (χ1) is 12.4. The first-order valence-corrected chi connectivity index (χ1v) is 9.99. The zero-order chi connectivity index (χ0) is 19.5. The van der Waals surface area contributed by atoms with E-state index in [4.69, 9.17) is 0 Å². The van der Waals surface area contributed by atoms with Crippen molar-refractivity contribution in [2.45, 2.75) is 85.0 Å². The largest absolute Gasteiger partial charge is 0.478 e. The molecule has 0 aliphatic rings. The van der Waals surface area contributed by atoms with Crippen molar-refractivity contribution in [1.29, 1.82) is 0 Å². The summed E-state index contributed by atoms with van der Waals surface area (Å²) < 4.78 is 0. The van der Waals surface area contributed by atoms with Crippen molar-refractivity contribution in [1.82, 2.24) is 0 Å². The Bertz CT molecular complexity index is 590. The zero-order valence-electron chi connectivity index (χ0n) is 16.5. The van der Waals surface area contributed by atoms with Gasteiger partial charge in [-0.3, -0.25) is 0 Å². The molecule has 2 N–H and O–H groups in total. The molecular formula is C22H34O4. The van der Waals surface area contributed by atoms with Gasteiger partial charge in [-0.05, 0) is 42.4 Å². The molecule has 4 heteroatoms. The predicted octanol–water partition coefficient (Wildman–Crippen LogP) is 5.96. The molecule has 0 heterocycles. The molecule has 0 bridgehead atoms. The van der Waals surface area contributed by atoms with Crippen LogP contribution in [0.2, 0.25) is 0 Å². The number of aromatic carboxylic acids is 2. The normalized spacial score (nSPS) is 11.1. The lowest BCUT2D eigenvalue weighted by Crippen LogP contribution is -2.15. The monoisotopic (exact) mass is 362 g/mol. The van der Waals surface area contributed by atoms with Gasteiger partial charge in [0.1, 0.15) is 0 Å². The summed E-state index contributed by atoms with van der Waals surface area (Å²) in [7, 11) is 0. The highest BCUT2D eigenvalue weighted by Gasteiger charge is 2.23. The molecule has 0 aromatic heterocycles. The van der Waals surface area contributed by atoms with E-state index < -0.39 is 11.9 Å². The topological polar surface area (TPSA) is 74.6 Å². The molecule has 1 aromatic carbocycles. The average Bonchev–Trinajstić information content (AvgIpc) is 2.56. The summed E-state index contributed by atoms with van der Waals surface area (Å²) in [4.78, 5) is 23.1. The van der Waals surface area contributed by atoms with E-state index in [0.29, 0.717) is 12.0 Å². The Kier molecular flexibility index (Phi) is 10.0. The number of rotatable bonds is 13. The van der Waals surface area contributed by atoms with Gasteiger partial charge < -0.3 is 10.2 Å². The van der Waals surface area contributed by atoms with Gasteiger partial charge >= 0.3 is 11.9 Å². The third-order valence-corrected chi connectivity index (χ3v) is 4.77. The Morgan fingerprint density at radius 2 is 1.46 bits per heavy atom. The number of carboxylic acid groups (broad SMARTS) is 2. The van der Waals surface area contributed by atoms with E-state index >= 15 is 0 Å². The fourth-order valence-corrected chi connectivity index (χ4v) is 3.44. The molecule has 4 nitrogen and oxygen atoms in total. The quantitative estimate of drug-likeness (QED) is 0.424. The molecule has 0 atom stereocenters. The lowest BCUT2D eigenvalue weighted by molar-refractivity contribution is 0.0650. The molecule has 0 amide bonds. The highest BCUT2D eigenvalue weighted by Crippen LogP contribution is 2.25. The molecule has 1 rings (SSSR count). The number of carbonyl (C=O) groups is 2. The van der Waals surface area contributed by atoms with E-state index in [2.05, 4.69) is 6.92 Å². The van der Waals surface area contributed by atoms with E-state index in [1.807, 2.05) is 19.9 Å². The molecule has 0 saturated carbocycles. The molecule has 26 heavy (non-hydrogen) atoms. The summed E-state index contributed by atoms with van der Waals surface area (Å²) >= 11 is 0. The average molecular weight is 363 g/mol. The van der Waals surface area contributed by atoms with Crippen LogP contribution in [0.5, 0.6) is 0 Å². The van der Waals surface area contributed by atoms with Crippen molar-refractivity contribution < 1.29 is 19.8 Å². The van der Waals surface area contributed by atoms with Crippen LogP contribution < -0.4 is 0 Å². The van der Waals surface area contributed by atoms with Gasteiger partial charge in [0.25, 0.3) is 0 Å². The Balaban J connectivity index is 2.79. The van der Waals surface area contributed by atoms with Gasteiger partial charge in [-0.2, -0.15) is 0 Å². The van der Waals surface area contributed by atoms with Crippen molar-refractivity contribution in [3.63, 3.8) is 0 Å². The second kappa shape index (κ2) is 11.7. The lowest BCUT2D eigenvalue weighted by atomic mass is 9.88. The van der Waals surface area contributed by atoms with Crippen LogP contribution in [0.25, 0.3) is 0 Å². The van der Waals surface area contributed by atoms with Gasteiger partial charge in [-0.1, -0.05) is 71.8 Å². The zero-order valence-corrected chi connectivity index (χ0v) is 16.5. The van der Waals surface area contributed by atoms with Gasteiger partial charge in [0.15, 0.2) is 0 Å². The SMILES string of the molecule is CCCCCCCCCCc1ccc(C(=O)O)c(C(=O)O)c1CC(C)C. The van der Waals surface area contributed by atoms with E-state index in [1.54, 1.807) is 0 Å². The lowest BCUT2D eigenvalue weighted by Gasteiger charge is -2.17. The minimum absolute atomic E-state index is 0.0248. The summed E-state index contributed by atoms with van der Waals surface area (Å²) in [6.45, 7) is 6.27. The van der Waals surface area contributed by atoms with E-state index in [9.17, 15) is 19.8 Å². The fraction of sp³-hybridized carbons (Fsp3) is 0.636. The van der Waals surface area contributed by atoms with Gasteiger partial charge in [-0.25, -0.2) is 9.59 Å². The predicted molar refractivity (Wildman–Crippen MR) is 105 cm³/mol. The molecule has 0 aliphatic heterocycles. The van der Waals surface area contributed by atoms with Crippen molar-refractivity contribution >= 4 is 11.9 Å².